The number of morpholine rings is 1. The van der Waals surface area contributed by atoms with Crippen molar-refractivity contribution in [3.05, 3.63) is 64.7 Å². The van der Waals surface area contributed by atoms with Crippen LogP contribution in [0, 0.1) is 0 Å². The van der Waals surface area contributed by atoms with Crippen LogP contribution in [0.15, 0.2) is 48.5 Å². The average Bonchev–Trinajstić information content (AvgIpc) is 2.72. The van der Waals surface area contributed by atoms with Crippen molar-refractivity contribution in [1.82, 2.24) is 4.90 Å². The van der Waals surface area contributed by atoms with Crippen molar-refractivity contribution in [3.63, 3.8) is 0 Å². The molecule has 7 nitrogen and oxygen atoms in total. The summed E-state index contributed by atoms with van der Waals surface area (Å²) in [5.74, 6) is -1.36. The quantitative estimate of drug-likeness (QED) is 0.757. The topological polar surface area (TPSA) is 84.9 Å². The van der Waals surface area contributed by atoms with Gasteiger partial charge in [0.15, 0.2) is 6.61 Å². The molecule has 1 heterocycles. The molecule has 1 fully saturated rings. The minimum absolute atomic E-state index is 0.0489. The Bertz CT molecular complexity index is 900. The van der Waals surface area contributed by atoms with E-state index in [1.807, 2.05) is 6.92 Å². The average molecular weight is 417 g/mol. The number of hydrogen-bond donors (Lipinski definition) is 1. The molecule has 0 radical (unpaired) electrons. The maximum Gasteiger partial charge on any atom is 0.340 e. The van der Waals surface area contributed by atoms with E-state index in [-0.39, 0.29) is 30.1 Å². The van der Waals surface area contributed by atoms with E-state index in [2.05, 4.69) is 5.32 Å². The molecule has 1 atom stereocenters. The van der Waals surface area contributed by atoms with Gasteiger partial charge in [0.25, 0.3) is 11.8 Å². The monoisotopic (exact) mass is 416 g/mol. The standard InChI is InChI=1S/C21H21ClN2O5/c1-14-12-24(10-11-28-14)19(25)13-29-21(27)17-4-2-3-5-18(17)23-20(26)15-6-8-16(22)9-7-15/h2-9,14H,10-13H2,1H3,(H,23,26). The van der Waals surface area contributed by atoms with Crippen molar-refractivity contribution < 1.29 is 23.9 Å². The second-order valence-corrected chi connectivity index (χ2v) is 7.04. The van der Waals surface area contributed by atoms with Gasteiger partial charge in [0.05, 0.1) is 24.0 Å². The predicted molar refractivity (Wildman–Crippen MR) is 108 cm³/mol. The highest BCUT2D eigenvalue weighted by molar-refractivity contribution is 6.30. The maximum absolute atomic E-state index is 12.5. The van der Waals surface area contributed by atoms with E-state index in [1.165, 1.54) is 6.07 Å². The molecule has 2 amide bonds. The van der Waals surface area contributed by atoms with Gasteiger partial charge in [-0.15, -0.1) is 0 Å². The fraction of sp³-hybridized carbons (Fsp3) is 0.286. The van der Waals surface area contributed by atoms with Gasteiger partial charge in [-0.3, -0.25) is 9.59 Å². The molecule has 1 unspecified atom stereocenters. The molecule has 3 rings (SSSR count). The van der Waals surface area contributed by atoms with Gasteiger partial charge in [-0.05, 0) is 43.3 Å². The van der Waals surface area contributed by atoms with E-state index in [0.29, 0.717) is 36.0 Å². The third-order valence-electron chi connectivity index (χ3n) is 4.42. The summed E-state index contributed by atoms with van der Waals surface area (Å²) in [6.07, 6.45) is -0.0489. The number of carbonyl (C=O) groups is 3. The molecule has 0 saturated carbocycles. The summed E-state index contributed by atoms with van der Waals surface area (Å²) in [5, 5.41) is 3.21. The minimum Gasteiger partial charge on any atom is -0.452 e. The van der Waals surface area contributed by atoms with Gasteiger partial charge in [0.2, 0.25) is 0 Å². The number of hydrogen-bond acceptors (Lipinski definition) is 5. The molecule has 0 bridgehead atoms. The second kappa shape index (κ2) is 9.54. The molecule has 0 aromatic heterocycles. The number of rotatable bonds is 5. The summed E-state index contributed by atoms with van der Waals surface area (Å²) in [5.41, 5.74) is 0.858. The van der Waals surface area contributed by atoms with Gasteiger partial charge in [0, 0.05) is 23.7 Å². The Morgan fingerprint density at radius 2 is 1.90 bits per heavy atom. The number of ether oxygens (including phenoxy) is 2. The van der Waals surface area contributed by atoms with Crippen LogP contribution in [0.1, 0.15) is 27.6 Å². The maximum atomic E-state index is 12.5. The normalized spacial score (nSPS) is 16.2. The number of nitrogens with one attached hydrogen (secondary N) is 1. The Morgan fingerprint density at radius 1 is 1.17 bits per heavy atom. The molecule has 0 aliphatic carbocycles. The van der Waals surface area contributed by atoms with Gasteiger partial charge in [-0.1, -0.05) is 23.7 Å². The van der Waals surface area contributed by atoms with E-state index >= 15 is 0 Å². The summed E-state index contributed by atoms with van der Waals surface area (Å²) in [4.78, 5) is 38.8. The van der Waals surface area contributed by atoms with Crippen LogP contribution in [-0.2, 0) is 14.3 Å². The van der Waals surface area contributed by atoms with Crippen LogP contribution in [0.4, 0.5) is 5.69 Å². The van der Waals surface area contributed by atoms with Crippen LogP contribution in [0.2, 0.25) is 5.02 Å². The number of esters is 1. The molecule has 2 aromatic carbocycles. The fourth-order valence-corrected chi connectivity index (χ4v) is 3.03. The molecule has 8 heteroatoms. The van der Waals surface area contributed by atoms with E-state index in [9.17, 15) is 14.4 Å². The molecule has 1 N–H and O–H groups in total. The molecule has 0 spiro atoms. The first-order valence-corrected chi connectivity index (χ1v) is 9.54. The Balaban J connectivity index is 1.63. The summed E-state index contributed by atoms with van der Waals surface area (Å²) in [6, 6.07) is 12.8. The van der Waals surface area contributed by atoms with Crippen molar-refractivity contribution in [2.24, 2.45) is 0 Å². The molecule has 1 aliphatic rings. The number of halogens is 1. The second-order valence-electron chi connectivity index (χ2n) is 6.60. The summed E-state index contributed by atoms with van der Waals surface area (Å²) < 4.78 is 10.6. The van der Waals surface area contributed by atoms with Crippen LogP contribution in [0.5, 0.6) is 0 Å². The SMILES string of the molecule is CC1CN(C(=O)COC(=O)c2ccccc2NC(=O)c2ccc(Cl)cc2)CCO1. The van der Waals surface area contributed by atoms with Crippen LogP contribution in [0.25, 0.3) is 0 Å². The zero-order chi connectivity index (χ0) is 20.8. The molecule has 29 heavy (non-hydrogen) atoms. The van der Waals surface area contributed by atoms with Crippen molar-refractivity contribution >= 4 is 35.1 Å². The lowest BCUT2D eigenvalue weighted by Crippen LogP contribution is -2.46. The number of carbonyl (C=O) groups excluding carboxylic acids is 3. The molecular formula is C21H21ClN2O5. The van der Waals surface area contributed by atoms with Gasteiger partial charge >= 0.3 is 5.97 Å². The largest absolute Gasteiger partial charge is 0.452 e. The Hall–Kier alpha value is -2.90. The zero-order valence-corrected chi connectivity index (χ0v) is 16.6. The first-order valence-electron chi connectivity index (χ1n) is 9.16. The minimum atomic E-state index is -0.688. The lowest BCUT2D eigenvalue weighted by atomic mass is 10.1. The smallest absolute Gasteiger partial charge is 0.340 e. The van der Waals surface area contributed by atoms with Gasteiger partial charge in [0.1, 0.15) is 0 Å². The van der Waals surface area contributed by atoms with Crippen LogP contribution in [-0.4, -0.2) is 55.1 Å². The predicted octanol–water partition coefficient (Wildman–Crippen LogP) is 3.00. The molecule has 1 saturated heterocycles. The number of para-hydroxylation sites is 1. The lowest BCUT2D eigenvalue weighted by molar-refractivity contribution is -0.141. The van der Waals surface area contributed by atoms with E-state index < -0.39 is 5.97 Å². The van der Waals surface area contributed by atoms with Crippen LogP contribution < -0.4 is 5.32 Å². The Kier molecular flexibility index (Phi) is 6.85. The number of benzene rings is 2. The van der Waals surface area contributed by atoms with Crippen molar-refractivity contribution in [3.8, 4) is 0 Å². The van der Waals surface area contributed by atoms with Gasteiger partial charge in [-0.25, -0.2) is 4.79 Å². The third-order valence-corrected chi connectivity index (χ3v) is 4.67. The summed E-state index contributed by atoms with van der Waals surface area (Å²) >= 11 is 5.84. The number of anilines is 1. The van der Waals surface area contributed by atoms with Crippen LogP contribution >= 0.6 is 11.6 Å². The van der Waals surface area contributed by atoms with Crippen molar-refractivity contribution in [1.29, 1.82) is 0 Å². The van der Waals surface area contributed by atoms with Crippen molar-refractivity contribution in [2.45, 2.75) is 13.0 Å². The zero-order valence-electron chi connectivity index (χ0n) is 15.9. The first kappa shape index (κ1) is 20.8. The highest BCUT2D eigenvalue weighted by Gasteiger charge is 2.23. The van der Waals surface area contributed by atoms with E-state index in [1.54, 1.807) is 47.4 Å². The molecule has 1 aliphatic heterocycles. The fourth-order valence-electron chi connectivity index (χ4n) is 2.91. The molecule has 152 valence electrons. The molecular weight excluding hydrogens is 396 g/mol. The highest BCUT2D eigenvalue weighted by Crippen LogP contribution is 2.18. The van der Waals surface area contributed by atoms with Gasteiger partial charge < -0.3 is 19.7 Å². The van der Waals surface area contributed by atoms with Crippen LogP contribution in [0.3, 0.4) is 0 Å². The van der Waals surface area contributed by atoms with Crippen molar-refractivity contribution in [2.75, 3.05) is 31.6 Å². The lowest BCUT2D eigenvalue weighted by Gasteiger charge is -2.30. The Morgan fingerprint density at radius 3 is 2.62 bits per heavy atom. The number of amides is 2. The van der Waals surface area contributed by atoms with E-state index in [0.717, 1.165) is 0 Å². The summed E-state index contributed by atoms with van der Waals surface area (Å²) in [7, 11) is 0. The van der Waals surface area contributed by atoms with E-state index in [4.69, 9.17) is 21.1 Å². The van der Waals surface area contributed by atoms with Gasteiger partial charge in [-0.2, -0.15) is 0 Å². The highest BCUT2D eigenvalue weighted by atomic mass is 35.5. The summed E-state index contributed by atoms with van der Waals surface area (Å²) in [6.45, 7) is 2.90. The molecule has 2 aromatic rings. The Labute approximate surface area is 173 Å². The first-order chi connectivity index (χ1) is 13.9. The third kappa shape index (κ3) is 5.56. The number of nitrogens with zero attached hydrogens (tertiary/aromatic N) is 1.